The molecule has 5 heteroatoms. The molecule has 0 aliphatic rings. The quantitative estimate of drug-likeness (QED) is 0.836. The van der Waals surface area contributed by atoms with Gasteiger partial charge in [0.2, 0.25) is 0 Å². The minimum Gasteiger partial charge on any atom is -0.478 e. The van der Waals surface area contributed by atoms with Crippen LogP contribution in [0.15, 0.2) is 29.8 Å². The van der Waals surface area contributed by atoms with Crippen molar-refractivity contribution in [3.05, 3.63) is 41.0 Å². The van der Waals surface area contributed by atoms with Gasteiger partial charge in [-0.25, -0.2) is 4.79 Å². The van der Waals surface area contributed by atoms with Crippen LogP contribution in [0.4, 0.5) is 13.2 Å². The van der Waals surface area contributed by atoms with E-state index in [2.05, 4.69) is 0 Å². The van der Waals surface area contributed by atoms with E-state index < -0.39 is 24.1 Å². The lowest BCUT2D eigenvalue weighted by molar-refractivity contribution is -0.142. The van der Waals surface area contributed by atoms with Crippen LogP contribution in [0.25, 0.3) is 6.08 Å². The highest BCUT2D eigenvalue weighted by Crippen LogP contribution is 2.27. The summed E-state index contributed by atoms with van der Waals surface area (Å²) in [6, 6.07) is 6.87. The predicted octanol–water partition coefficient (Wildman–Crippen LogP) is 4.40. The minimum absolute atomic E-state index is 0.155. The Bertz CT molecular complexity index is 523. The van der Waals surface area contributed by atoms with E-state index in [0.29, 0.717) is 5.56 Å². The fourth-order valence-electron chi connectivity index (χ4n) is 1.70. The smallest absolute Gasteiger partial charge is 0.393 e. The Labute approximate surface area is 115 Å². The molecule has 1 aromatic rings. The molecule has 1 N–H and O–H groups in total. The molecule has 0 fully saturated rings. The van der Waals surface area contributed by atoms with Crippen molar-refractivity contribution in [2.75, 3.05) is 0 Å². The van der Waals surface area contributed by atoms with Crippen molar-refractivity contribution in [2.24, 2.45) is 0 Å². The van der Waals surface area contributed by atoms with E-state index in [9.17, 15) is 18.0 Å². The standard InChI is InChI=1S/C15H17F3O2/c1-14(2,3)12-6-4-5-10(8-12)7-11(13(19)20)9-15(16,17)18/h4-8H,9H2,1-3H3,(H,19,20). The van der Waals surface area contributed by atoms with Gasteiger partial charge in [0.25, 0.3) is 0 Å². The maximum absolute atomic E-state index is 12.3. The first-order valence-electron chi connectivity index (χ1n) is 6.10. The number of hydrogen-bond acceptors (Lipinski definition) is 1. The summed E-state index contributed by atoms with van der Waals surface area (Å²) in [5.74, 6) is -1.55. The number of carboxylic acid groups (broad SMARTS) is 1. The lowest BCUT2D eigenvalue weighted by Crippen LogP contribution is -2.14. The molecule has 0 aromatic heterocycles. The molecule has 0 unspecified atom stereocenters. The molecule has 0 spiro atoms. The van der Waals surface area contributed by atoms with E-state index in [4.69, 9.17) is 5.11 Å². The Kier molecular flexibility index (Phi) is 4.63. The second-order valence-electron chi connectivity index (χ2n) is 5.64. The Morgan fingerprint density at radius 3 is 2.30 bits per heavy atom. The van der Waals surface area contributed by atoms with Crippen molar-refractivity contribution >= 4 is 12.0 Å². The van der Waals surface area contributed by atoms with E-state index in [1.165, 1.54) is 0 Å². The number of carboxylic acids is 1. The summed E-state index contributed by atoms with van der Waals surface area (Å²) in [6.07, 6.45) is -4.90. The van der Waals surface area contributed by atoms with Crippen molar-refractivity contribution in [2.45, 2.75) is 38.8 Å². The summed E-state index contributed by atoms with van der Waals surface area (Å²) in [6.45, 7) is 5.93. The molecule has 0 heterocycles. The number of carbonyl (C=O) groups is 1. The Balaban J connectivity index is 3.15. The van der Waals surface area contributed by atoms with Gasteiger partial charge in [0.15, 0.2) is 0 Å². The number of hydrogen-bond donors (Lipinski definition) is 1. The molecule has 110 valence electrons. The van der Waals surface area contributed by atoms with Gasteiger partial charge in [-0.15, -0.1) is 0 Å². The van der Waals surface area contributed by atoms with Crippen molar-refractivity contribution < 1.29 is 23.1 Å². The maximum atomic E-state index is 12.3. The summed E-state index contributed by atoms with van der Waals surface area (Å²) in [7, 11) is 0. The molecule has 1 aromatic carbocycles. The molecule has 20 heavy (non-hydrogen) atoms. The van der Waals surface area contributed by atoms with Gasteiger partial charge in [0.1, 0.15) is 0 Å². The highest BCUT2D eigenvalue weighted by molar-refractivity contribution is 5.92. The van der Waals surface area contributed by atoms with Crippen LogP contribution in [-0.4, -0.2) is 17.3 Å². The molecule has 0 bridgehead atoms. The highest BCUT2D eigenvalue weighted by atomic mass is 19.4. The van der Waals surface area contributed by atoms with Crippen molar-refractivity contribution in [3.8, 4) is 0 Å². The van der Waals surface area contributed by atoms with Crippen molar-refractivity contribution in [1.29, 1.82) is 0 Å². The molecule has 1 rings (SSSR count). The van der Waals surface area contributed by atoms with Gasteiger partial charge in [-0.05, 0) is 22.6 Å². The lowest BCUT2D eigenvalue weighted by Gasteiger charge is -2.19. The highest BCUT2D eigenvalue weighted by Gasteiger charge is 2.31. The number of benzene rings is 1. The molecule has 0 saturated carbocycles. The molecule has 0 amide bonds. The number of alkyl halides is 3. The maximum Gasteiger partial charge on any atom is 0.393 e. The van der Waals surface area contributed by atoms with Crippen LogP contribution in [0, 0.1) is 0 Å². The van der Waals surface area contributed by atoms with E-state index >= 15 is 0 Å². The average molecular weight is 286 g/mol. The van der Waals surface area contributed by atoms with Crippen molar-refractivity contribution in [1.82, 2.24) is 0 Å². The van der Waals surface area contributed by atoms with Crippen LogP contribution in [0.3, 0.4) is 0 Å². The van der Waals surface area contributed by atoms with E-state index in [1.54, 1.807) is 18.2 Å². The molecule has 2 nitrogen and oxygen atoms in total. The zero-order chi connectivity index (χ0) is 15.6. The first-order valence-corrected chi connectivity index (χ1v) is 6.10. The summed E-state index contributed by atoms with van der Waals surface area (Å²) in [4.78, 5) is 10.9. The predicted molar refractivity (Wildman–Crippen MR) is 71.4 cm³/mol. The van der Waals surface area contributed by atoms with Crippen LogP contribution in [0.5, 0.6) is 0 Å². The summed E-state index contributed by atoms with van der Waals surface area (Å²) in [5, 5.41) is 8.86. The van der Waals surface area contributed by atoms with Crippen LogP contribution < -0.4 is 0 Å². The van der Waals surface area contributed by atoms with Gasteiger partial charge < -0.3 is 5.11 Å². The van der Waals surface area contributed by atoms with Gasteiger partial charge in [0, 0.05) is 5.57 Å². The lowest BCUT2D eigenvalue weighted by atomic mass is 9.86. The van der Waals surface area contributed by atoms with Crippen molar-refractivity contribution in [3.63, 3.8) is 0 Å². The molecular formula is C15H17F3O2. The number of halogens is 3. The Morgan fingerprint density at radius 2 is 1.85 bits per heavy atom. The topological polar surface area (TPSA) is 37.3 Å². The molecule has 0 radical (unpaired) electrons. The van der Waals surface area contributed by atoms with Gasteiger partial charge in [-0.1, -0.05) is 45.0 Å². The molecule has 0 atom stereocenters. The third kappa shape index (κ3) is 5.07. The van der Waals surface area contributed by atoms with Gasteiger partial charge >= 0.3 is 12.1 Å². The van der Waals surface area contributed by atoms with Crippen LogP contribution >= 0.6 is 0 Å². The fraction of sp³-hybridized carbons (Fsp3) is 0.400. The van der Waals surface area contributed by atoms with Crippen LogP contribution in [-0.2, 0) is 10.2 Å². The first kappa shape index (κ1) is 16.3. The number of aliphatic carboxylic acids is 1. The summed E-state index contributed by atoms with van der Waals surface area (Å²) >= 11 is 0. The van der Waals surface area contributed by atoms with Gasteiger partial charge in [0.05, 0.1) is 6.42 Å². The van der Waals surface area contributed by atoms with E-state index in [0.717, 1.165) is 11.6 Å². The van der Waals surface area contributed by atoms with Crippen LogP contribution in [0.1, 0.15) is 38.3 Å². The molecule has 0 aliphatic heterocycles. The zero-order valence-electron chi connectivity index (χ0n) is 11.6. The number of rotatable bonds is 3. The second kappa shape index (κ2) is 5.69. The largest absolute Gasteiger partial charge is 0.478 e. The Morgan fingerprint density at radius 1 is 1.25 bits per heavy atom. The Hall–Kier alpha value is -1.78. The second-order valence-corrected chi connectivity index (χ2v) is 5.64. The van der Waals surface area contributed by atoms with Gasteiger partial charge in [-0.2, -0.15) is 13.2 Å². The first-order chi connectivity index (χ1) is 8.99. The molecule has 0 aliphatic carbocycles. The van der Waals surface area contributed by atoms with Crippen LogP contribution in [0.2, 0.25) is 0 Å². The SMILES string of the molecule is CC(C)(C)c1cccc(C=C(CC(F)(F)F)C(=O)O)c1. The monoisotopic (exact) mass is 286 g/mol. The van der Waals surface area contributed by atoms with E-state index in [-0.39, 0.29) is 5.41 Å². The zero-order valence-corrected chi connectivity index (χ0v) is 11.6. The third-order valence-electron chi connectivity index (χ3n) is 2.76. The average Bonchev–Trinajstić information content (AvgIpc) is 2.25. The fourth-order valence-corrected chi connectivity index (χ4v) is 1.70. The molecule has 0 saturated heterocycles. The third-order valence-corrected chi connectivity index (χ3v) is 2.76. The summed E-state index contributed by atoms with van der Waals surface area (Å²) < 4.78 is 37.0. The van der Waals surface area contributed by atoms with Gasteiger partial charge in [-0.3, -0.25) is 0 Å². The minimum atomic E-state index is -4.54. The molecular weight excluding hydrogens is 269 g/mol. The summed E-state index contributed by atoms with van der Waals surface area (Å²) in [5.41, 5.74) is 0.572. The van der Waals surface area contributed by atoms with E-state index in [1.807, 2.05) is 26.8 Å². The normalized spacial score (nSPS) is 13.4.